The van der Waals surface area contributed by atoms with Crippen molar-refractivity contribution in [2.24, 2.45) is 10.8 Å². The van der Waals surface area contributed by atoms with Crippen LogP contribution >= 0.6 is 0 Å². The zero-order valence-electron chi connectivity index (χ0n) is 8.52. The summed E-state index contributed by atoms with van der Waals surface area (Å²) < 4.78 is 5.81. The van der Waals surface area contributed by atoms with Crippen LogP contribution in [-0.2, 0) is 4.74 Å². The minimum absolute atomic E-state index is 0.435. The third-order valence-electron chi connectivity index (χ3n) is 4.07. The van der Waals surface area contributed by atoms with Crippen molar-refractivity contribution in [1.29, 1.82) is 0 Å². The topological polar surface area (TPSA) is 9.23 Å². The number of fused-ring (bicyclic) bond motifs is 1. The van der Waals surface area contributed by atoms with Gasteiger partial charge in [0.2, 0.25) is 0 Å². The molecule has 2 unspecified atom stereocenters. The van der Waals surface area contributed by atoms with E-state index in [0.29, 0.717) is 16.9 Å². The van der Waals surface area contributed by atoms with Crippen LogP contribution in [0.1, 0.15) is 46.5 Å². The highest BCUT2D eigenvalue weighted by molar-refractivity contribution is 5.03. The maximum absolute atomic E-state index is 5.81. The van der Waals surface area contributed by atoms with Crippen molar-refractivity contribution in [3.05, 3.63) is 0 Å². The first kappa shape index (κ1) is 8.55. The molecule has 1 aliphatic heterocycles. The third kappa shape index (κ3) is 0.953. The van der Waals surface area contributed by atoms with Gasteiger partial charge >= 0.3 is 0 Å². The molecule has 0 N–H and O–H groups in total. The van der Waals surface area contributed by atoms with Gasteiger partial charge in [0.15, 0.2) is 0 Å². The Balaban J connectivity index is 2.28. The molecule has 1 nitrogen and oxygen atoms in total. The number of rotatable bonds is 0. The Hall–Kier alpha value is -0.0400. The van der Waals surface area contributed by atoms with E-state index >= 15 is 0 Å². The molecule has 0 aromatic heterocycles. The van der Waals surface area contributed by atoms with Crippen molar-refractivity contribution in [2.45, 2.75) is 52.6 Å². The molecule has 0 bridgehead atoms. The molecule has 1 saturated heterocycles. The van der Waals surface area contributed by atoms with Gasteiger partial charge in [-0.3, -0.25) is 0 Å². The lowest BCUT2D eigenvalue weighted by Gasteiger charge is -2.41. The molecule has 0 spiro atoms. The lowest BCUT2D eigenvalue weighted by Crippen LogP contribution is -2.38. The normalized spacial score (nSPS) is 41.8. The average molecular weight is 168 g/mol. The van der Waals surface area contributed by atoms with E-state index in [1.165, 1.54) is 25.7 Å². The van der Waals surface area contributed by atoms with Gasteiger partial charge in [-0.25, -0.2) is 0 Å². The van der Waals surface area contributed by atoms with Gasteiger partial charge in [-0.1, -0.05) is 27.2 Å². The molecule has 2 rings (SSSR count). The quantitative estimate of drug-likeness (QED) is 0.540. The van der Waals surface area contributed by atoms with Crippen molar-refractivity contribution < 1.29 is 4.74 Å². The fourth-order valence-electron chi connectivity index (χ4n) is 3.19. The summed E-state index contributed by atoms with van der Waals surface area (Å²) in [7, 11) is 0. The van der Waals surface area contributed by atoms with E-state index in [0.717, 1.165) is 6.61 Å². The molecule has 2 atom stereocenters. The van der Waals surface area contributed by atoms with Gasteiger partial charge in [0.05, 0.1) is 6.10 Å². The second-order valence-electron chi connectivity index (χ2n) is 5.41. The van der Waals surface area contributed by atoms with Crippen LogP contribution in [0.3, 0.4) is 0 Å². The lowest BCUT2D eigenvalue weighted by atomic mass is 9.63. The molecule has 1 heteroatoms. The molecule has 0 radical (unpaired) electrons. The van der Waals surface area contributed by atoms with Gasteiger partial charge in [-0.15, -0.1) is 0 Å². The molecule has 70 valence electrons. The summed E-state index contributed by atoms with van der Waals surface area (Å²) in [4.78, 5) is 0. The van der Waals surface area contributed by atoms with Gasteiger partial charge in [0.25, 0.3) is 0 Å². The van der Waals surface area contributed by atoms with Gasteiger partial charge in [0, 0.05) is 12.0 Å². The first-order chi connectivity index (χ1) is 5.56. The Morgan fingerprint density at radius 1 is 1.25 bits per heavy atom. The molecule has 1 aliphatic carbocycles. The highest BCUT2D eigenvalue weighted by Gasteiger charge is 2.53. The van der Waals surface area contributed by atoms with E-state index in [4.69, 9.17) is 4.74 Å². The largest absolute Gasteiger partial charge is 0.378 e. The molecule has 2 fully saturated rings. The summed E-state index contributed by atoms with van der Waals surface area (Å²) in [6.07, 6.45) is 5.94. The van der Waals surface area contributed by atoms with Crippen LogP contribution in [0.15, 0.2) is 0 Å². The summed E-state index contributed by atoms with van der Waals surface area (Å²) in [5.74, 6) is 0. The monoisotopic (exact) mass is 168 g/mol. The Morgan fingerprint density at radius 3 is 2.58 bits per heavy atom. The Bertz CT molecular complexity index is 168. The predicted molar refractivity (Wildman–Crippen MR) is 50.1 cm³/mol. The third-order valence-corrected chi connectivity index (χ3v) is 4.07. The molecule has 0 aromatic carbocycles. The van der Waals surface area contributed by atoms with Crippen LogP contribution in [0.5, 0.6) is 0 Å². The van der Waals surface area contributed by atoms with Crippen LogP contribution < -0.4 is 0 Å². The minimum Gasteiger partial charge on any atom is -0.378 e. The fourth-order valence-corrected chi connectivity index (χ4v) is 3.19. The van der Waals surface area contributed by atoms with E-state index < -0.39 is 0 Å². The van der Waals surface area contributed by atoms with Crippen LogP contribution in [-0.4, -0.2) is 12.7 Å². The van der Waals surface area contributed by atoms with Crippen molar-refractivity contribution in [1.82, 2.24) is 0 Å². The van der Waals surface area contributed by atoms with Crippen LogP contribution in [0.4, 0.5) is 0 Å². The van der Waals surface area contributed by atoms with Crippen molar-refractivity contribution >= 4 is 0 Å². The van der Waals surface area contributed by atoms with Gasteiger partial charge in [-0.05, 0) is 24.7 Å². The molecule has 2 aliphatic rings. The summed E-state index contributed by atoms with van der Waals surface area (Å²) in [5, 5.41) is 0. The molecule has 0 aromatic rings. The lowest BCUT2D eigenvalue weighted by molar-refractivity contribution is 0.00906. The SMILES string of the molecule is CC(C)(C)C12CCCC1OCC2. The molecule has 0 amide bonds. The number of hydrogen-bond donors (Lipinski definition) is 0. The van der Waals surface area contributed by atoms with E-state index in [1.807, 2.05) is 0 Å². The fraction of sp³-hybridized carbons (Fsp3) is 1.00. The van der Waals surface area contributed by atoms with Crippen LogP contribution in [0, 0.1) is 10.8 Å². The van der Waals surface area contributed by atoms with E-state index in [-0.39, 0.29) is 0 Å². The summed E-state index contributed by atoms with van der Waals surface area (Å²) in [6, 6.07) is 0. The van der Waals surface area contributed by atoms with Gasteiger partial charge in [0.1, 0.15) is 0 Å². The zero-order valence-corrected chi connectivity index (χ0v) is 8.52. The summed E-state index contributed by atoms with van der Waals surface area (Å²) >= 11 is 0. The van der Waals surface area contributed by atoms with Gasteiger partial charge in [-0.2, -0.15) is 0 Å². The average Bonchev–Trinajstić information content (AvgIpc) is 2.37. The minimum atomic E-state index is 0.435. The van der Waals surface area contributed by atoms with Gasteiger partial charge < -0.3 is 4.74 Å². The highest BCUT2D eigenvalue weighted by Crippen LogP contribution is 2.57. The van der Waals surface area contributed by atoms with E-state index in [1.54, 1.807) is 0 Å². The second kappa shape index (κ2) is 2.47. The molecule has 12 heavy (non-hydrogen) atoms. The van der Waals surface area contributed by atoms with Crippen molar-refractivity contribution in [3.8, 4) is 0 Å². The van der Waals surface area contributed by atoms with Crippen LogP contribution in [0.25, 0.3) is 0 Å². The Kier molecular flexibility index (Phi) is 1.76. The first-order valence-corrected chi connectivity index (χ1v) is 5.18. The number of ether oxygens (including phenoxy) is 1. The maximum atomic E-state index is 5.81. The van der Waals surface area contributed by atoms with E-state index in [9.17, 15) is 0 Å². The first-order valence-electron chi connectivity index (χ1n) is 5.18. The smallest absolute Gasteiger partial charge is 0.0637 e. The Morgan fingerprint density at radius 2 is 2.00 bits per heavy atom. The summed E-state index contributed by atoms with van der Waals surface area (Å²) in [6.45, 7) is 8.13. The molecular weight excluding hydrogens is 148 g/mol. The van der Waals surface area contributed by atoms with E-state index in [2.05, 4.69) is 20.8 Å². The second-order valence-corrected chi connectivity index (χ2v) is 5.41. The standard InChI is InChI=1S/C11H20O/c1-10(2,3)11-6-4-5-9(11)12-8-7-11/h9H,4-8H2,1-3H3. The molecule has 1 heterocycles. The molecular formula is C11H20O. The molecule has 1 saturated carbocycles. The maximum Gasteiger partial charge on any atom is 0.0637 e. The highest BCUT2D eigenvalue weighted by atomic mass is 16.5. The van der Waals surface area contributed by atoms with Crippen molar-refractivity contribution in [2.75, 3.05) is 6.61 Å². The number of hydrogen-bond acceptors (Lipinski definition) is 1. The van der Waals surface area contributed by atoms with Crippen molar-refractivity contribution in [3.63, 3.8) is 0 Å². The van der Waals surface area contributed by atoms with Crippen LogP contribution in [0.2, 0.25) is 0 Å². The zero-order chi connectivity index (χ0) is 8.82. The summed E-state index contributed by atoms with van der Waals surface area (Å²) in [5.41, 5.74) is 0.956. The predicted octanol–water partition coefficient (Wildman–Crippen LogP) is 2.99. The Labute approximate surface area is 75.5 Å².